The number of H-pyrrole nitrogens is 2. The summed E-state index contributed by atoms with van der Waals surface area (Å²) in [4.78, 5) is 59.8. The molecule has 4 aromatic rings. The molecule has 0 aliphatic carbocycles. The zero-order valence-corrected chi connectivity index (χ0v) is 33.0. The highest BCUT2D eigenvalue weighted by Crippen LogP contribution is 2.43. The fraction of sp³-hybridized carbons (Fsp3) is 0.432. The molecule has 7 rings (SSSR count). The van der Waals surface area contributed by atoms with Crippen molar-refractivity contribution in [2.24, 2.45) is 17.8 Å². The van der Waals surface area contributed by atoms with Crippen molar-refractivity contribution in [3.05, 3.63) is 95.7 Å². The highest BCUT2D eigenvalue weighted by atomic mass is 16.5. The molecule has 0 unspecified atom stereocenters. The molecule has 0 radical (unpaired) electrons. The molecular formula is C44H51N7O5. The highest BCUT2D eigenvalue weighted by molar-refractivity contribution is 5.87. The van der Waals surface area contributed by atoms with Gasteiger partial charge in [0.2, 0.25) is 11.8 Å². The Balaban J connectivity index is 1.07. The summed E-state index contributed by atoms with van der Waals surface area (Å²) in [5.41, 5.74) is 5.61. The van der Waals surface area contributed by atoms with Crippen molar-refractivity contribution in [2.75, 3.05) is 26.8 Å². The first kappa shape index (κ1) is 38.6. The van der Waals surface area contributed by atoms with E-state index < -0.39 is 17.7 Å². The number of carbonyl (C=O) groups is 3. The van der Waals surface area contributed by atoms with Crippen LogP contribution < -0.4 is 5.32 Å². The zero-order chi connectivity index (χ0) is 39.7. The molecular weight excluding hydrogens is 707 g/mol. The lowest BCUT2D eigenvalue weighted by molar-refractivity contribution is -0.137. The maximum Gasteiger partial charge on any atom is 0.407 e. The number of nitrogens with one attached hydrogen (secondary N) is 3. The van der Waals surface area contributed by atoms with Gasteiger partial charge in [-0.25, -0.2) is 14.8 Å². The average Bonchev–Trinajstić information content (AvgIpc) is 4.00. The summed E-state index contributed by atoms with van der Waals surface area (Å²) in [6, 6.07) is 12.5. The summed E-state index contributed by atoms with van der Waals surface area (Å²) in [6.45, 7) is 15.5. The molecule has 3 N–H and O–H groups in total. The summed E-state index contributed by atoms with van der Waals surface area (Å²) < 4.78 is 11.1. The lowest BCUT2D eigenvalue weighted by atomic mass is 9.94. The van der Waals surface area contributed by atoms with Crippen LogP contribution in [0, 0.1) is 29.6 Å². The summed E-state index contributed by atoms with van der Waals surface area (Å²) in [7, 11) is 1.29. The highest BCUT2D eigenvalue weighted by Gasteiger charge is 2.50. The number of nitrogens with zero attached hydrogens (tertiary/aromatic N) is 4. The SMILES string of the molecule is C=C1C[C@@H](c2ncc(-c3ccc(C#Cc4ccc5nc([C@@H]6C[C@@]7(CC=CCO7)CN6C(=O)[C@@H](NC(=O)OC)C(C)C)[nH]c5c4)cc3)[nH]2)N(C(=O)[C@@H](C)C(C)C)C1. The van der Waals surface area contributed by atoms with Gasteiger partial charge in [0.05, 0.1) is 60.9 Å². The van der Waals surface area contributed by atoms with E-state index >= 15 is 0 Å². The van der Waals surface area contributed by atoms with Crippen molar-refractivity contribution in [2.45, 2.75) is 77.6 Å². The maximum absolute atomic E-state index is 14.1. The second-order valence-corrected chi connectivity index (χ2v) is 16.0. The lowest BCUT2D eigenvalue weighted by Gasteiger charge is -2.32. The molecule has 0 bridgehead atoms. The number of fused-ring (bicyclic) bond motifs is 1. The molecule has 12 nitrogen and oxygen atoms in total. The minimum Gasteiger partial charge on any atom is -0.453 e. The molecule has 56 heavy (non-hydrogen) atoms. The number of carbonyl (C=O) groups excluding carboxylic acids is 3. The lowest BCUT2D eigenvalue weighted by Crippen LogP contribution is -2.52. The number of aromatic nitrogens is 4. The Labute approximate surface area is 328 Å². The Hall–Kier alpha value is -5.67. The van der Waals surface area contributed by atoms with Gasteiger partial charge in [-0.1, -0.05) is 82.9 Å². The van der Waals surface area contributed by atoms with E-state index in [4.69, 9.17) is 14.5 Å². The van der Waals surface area contributed by atoms with E-state index in [0.717, 1.165) is 44.8 Å². The van der Waals surface area contributed by atoms with E-state index in [-0.39, 0.29) is 41.7 Å². The zero-order valence-electron chi connectivity index (χ0n) is 33.0. The second-order valence-electron chi connectivity index (χ2n) is 16.0. The van der Waals surface area contributed by atoms with Crippen LogP contribution >= 0.6 is 0 Å². The van der Waals surface area contributed by atoms with E-state index in [1.807, 2.05) is 80.4 Å². The smallest absolute Gasteiger partial charge is 0.407 e. The standard InChI is InChI=1S/C44H51N7O5/c1-26(2)29(6)41(52)50-24-28(5)20-36(50)39-45-23-35(48-39)32-15-12-30(13-16-32)10-11-31-14-17-33-34(21-31)47-40(46-33)37-22-44(18-8-9-19-56-44)25-51(37)42(53)38(27(3)4)49-43(54)55-7/h8-9,12-17,21,23,26-27,29,36-38H,5,18-20,22,24-25H2,1-4,6-7H3,(H,45,48)(H,46,47)(H,49,54)/t29-,36-,37-,38-,44-/m0/s1. The number of hydrogen-bond acceptors (Lipinski definition) is 7. The molecule has 12 heteroatoms. The van der Waals surface area contributed by atoms with Gasteiger partial charge in [0.1, 0.15) is 17.7 Å². The summed E-state index contributed by atoms with van der Waals surface area (Å²) in [6.07, 6.45) is 7.22. The predicted octanol–water partition coefficient (Wildman–Crippen LogP) is 6.84. The number of likely N-dealkylation sites (tertiary alicyclic amines) is 2. The first-order chi connectivity index (χ1) is 26.8. The molecule has 2 aromatic carbocycles. The van der Waals surface area contributed by atoms with Crippen LogP contribution in [0.2, 0.25) is 0 Å². The van der Waals surface area contributed by atoms with Crippen LogP contribution in [-0.2, 0) is 19.1 Å². The fourth-order valence-electron chi connectivity index (χ4n) is 7.82. The number of ether oxygens (including phenoxy) is 2. The van der Waals surface area contributed by atoms with Crippen LogP contribution in [-0.4, -0.2) is 86.1 Å². The quantitative estimate of drug-likeness (QED) is 0.132. The van der Waals surface area contributed by atoms with Crippen LogP contribution in [0.25, 0.3) is 22.3 Å². The Kier molecular flexibility index (Phi) is 10.9. The van der Waals surface area contributed by atoms with Crippen LogP contribution in [0.5, 0.6) is 0 Å². The average molecular weight is 758 g/mol. The van der Waals surface area contributed by atoms with E-state index in [2.05, 4.69) is 58.6 Å². The molecule has 2 aromatic heterocycles. The minimum absolute atomic E-state index is 0.0742. The van der Waals surface area contributed by atoms with Gasteiger partial charge in [0.15, 0.2) is 0 Å². The first-order valence-electron chi connectivity index (χ1n) is 19.4. The van der Waals surface area contributed by atoms with Gasteiger partial charge in [-0.15, -0.1) is 0 Å². The van der Waals surface area contributed by atoms with Gasteiger partial charge in [-0.05, 0) is 60.6 Å². The predicted molar refractivity (Wildman–Crippen MR) is 214 cm³/mol. The van der Waals surface area contributed by atoms with Crippen LogP contribution in [0.1, 0.15) is 88.7 Å². The monoisotopic (exact) mass is 757 g/mol. The molecule has 3 aliphatic rings. The Morgan fingerprint density at radius 2 is 1.70 bits per heavy atom. The van der Waals surface area contributed by atoms with Crippen molar-refractivity contribution < 1.29 is 23.9 Å². The Bertz CT molecular complexity index is 2220. The summed E-state index contributed by atoms with van der Waals surface area (Å²) >= 11 is 0. The number of rotatable bonds is 8. The Morgan fingerprint density at radius 1 is 0.946 bits per heavy atom. The van der Waals surface area contributed by atoms with E-state index in [1.165, 1.54) is 7.11 Å². The van der Waals surface area contributed by atoms with E-state index in [1.54, 1.807) is 4.90 Å². The van der Waals surface area contributed by atoms with Gasteiger partial charge in [-0.2, -0.15) is 0 Å². The number of methoxy groups -OCH3 is 1. The van der Waals surface area contributed by atoms with Crippen LogP contribution in [0.4, 0.5) is 4.79 Å². The van der Waals surface area contributed by atoms with Crippen molar-refractivity contribution in [3.63, 3.8) is 0 Å². The number of alkyl carbamates (subject to hydrolysis) is 1. The number of aromatic amines is 2. The van der Waals surface area contributed by atoms with Crippen molar-refractivity contribution in [1.29, 1.82) is 0 Å². The van der Waals surface area contributed by atoms with Gasteiger partial charge in [0, 0.05) is 30.0 Å². The third-order valence-electron chi connectivity index (χ3n) is 11.4. The molecule has 5 atom stereocenters. The third kappa shape index (κ3) is 7.86. The van der Waals surface area contributed by atoms with E-state index in [9.17, 15) is 14.4 Å². The first-order valence-corrected chi connectivity index (χ1v) is 19.4. The number of imidazole rings is 2. The largest absolute Gasteiger partial charge is 0.453 e. The Morgan fingerprint density at radius 3 is 2.39 bits per heavy atom. The fourth-order valence-corrected chi connectivity index (χ4v) is 7.82. The molecule has 3 aliphatic heterocycles. The molecule has 2 fully saturated rings. The van der Waals surface area contributed by atoms with Crippen molar-refractivity contribution >= 4 is 28.9 Å². The second kappa shape index (κ2) is 15.8. The van der Waals surface area contributed by atoms with Gasteiger partial charge >= 0.3 is 6.09 Å². The normalized spacial score (nSPS) is 21.8. The topological polar surface area (TPSA) is 146 Å². The molecule has 2 saturated heterocycles. The minimum atomic E-state index is -0.768. The third-order valence-corrected chi connectivity index (χ3v) is 11.4. The molecule has 292 valence electrons. The van der Waals surface area contributed by atoms with Crippen molar-refractivity contribution in [3.8, 4) is 23.1 Å². The molecule has 1 spiro atoms. The molecule has 3 amide bonds. The summed E-state index contributed by atoms with van der Waals surface area (Å²) in [5, 5.41) is 2.73. The maximum atomic E-state index is 14.1. The van der Waals surface area contributed by atoms with Gasteiger partial charge in [0.25, 0.3) is 0 Å². The van der Waals surface area contributed by atoms with Gasteiger partial charge < -0.3 is 34.6 Å². The number of benzene rings is 2. The number of hydrogen-bond donors (Lipinski definition) is 3. The molecule has 0 saturated carbocycles. The van der Waals surface area contributed by atoms with Crippen molar-refractivity contribution in [1.82, 2.24) is 35.1 Å². The number of amides is 3. The molecule has 5 heterocycles. The summed E-state index contributed by atoms with van der Waals surface area (Å²) in [5.74, 6) is 7.94. The van der Waals surface area contributed by atoms with Crippen LogP contribution in [0.3, 0.4) is 0 Å². The van der Waals surface area contributed by atoms with Gasteiger partial charge in [-0.3, -0.25) is 9.59 Å². The van der Waals surface area contributed by atoms with Crippen LogP contribution in [0.15, 0.2) is 73.0 Å². The van der Waals surface area contributed by atoms with E-state index in [0.29, 0.717) is 44.8 Å².